The number of aromatic nitrogens is 2. The van der Waals surface area contributed by atoms with Crippen molar-refractivity contribution in [2.45, 2.75) is 103 Å². The van der Waals surface area contributed by atoms with E-state index in [4.69, 9.17) is 10.5 Å². The van der Waals surface area contributed by atoms with Crippen molar-refractivity contribution in [1.82, 2.24) is 25.5 Å². The van der Waals surface area contributed by atoms with Crippen LogP contribution in [0.5, 0.6) is 0 Å². The number of rotatable bonds is 18. The first kappa shape index (κ1) is 42.7. The van der Waals surface area contributed by atoms with E-state index >= 15 is 0 Å². The van der Waals surface area contributed by atoms with E-state index in [1.165, 1.54) is 36.8 Å². The first-order valence-electron chi connectivity index (χ1n) is 17.5. The van der Waals surface area contributed by atoms with Crippen molar-refractivity contribution in [3.05, 3.63) is 94.1 Å². The fraction of sp³-hybridized carbons (Fsp3) is 0.459. The van der Waals surface area contributed by atoms with E-state index in [1.807, 2.05) is 0 Å². The van der Waals surface area contributed by atoms with Gasteiger partial charge in [-0.3, -0.25) is 29.4 Å². The number of ether oxygens (including phenoxy) is 1. The van der Waals surface area contributed by atoms with E-state index in [9.17, 15) is 44.3 Å². The standard InChI is InChI=1S/C37H49N7O10/c1-6-22(2)32(35(49)50)43(31(46)19-30(45)27(38)16-24-12-14-26(15-13-24)44(52)53)34(48)29(18-25-20-39-21-40-25)41-33(47)28(17-23-10-8-7-9-11-23)42-36(51)54-37(3,4)5/h7-15,20-22,27-30,32,45H,6,16-19,38H2,1-5H3,(H,39,40)(H,41,47)(H,42,51)(H,49,50)/t22-,27-,28-,29-,30?,32-/m0/s1. The van der Waals surface area contributed by atoms with Crippen LogP contribution in [0.15, 0.2) is 67.1 Å². The average molecular weight is 752 g/mol. The molecule has 0 fully saturated rings. The van der Waals surface area contributed by atoms with E-state index in [1.54, 1.807) is 65.0 Å². The number of hydrogen-bond donors (Lipinski definition) is 6. The summed E-state index contributed by atoms with van der Waals surface area (Å²) in [5.74, 6) is -5.21. The molecule has 17 nitrogen and oxygen atoms in total. The fourth-order valence-electron chi connectivity index (χ4n) is 5.60. The zero-order valence-corrected chi connectivity index (χ0v) is 30.9. The van der Waals surface area contributed by atoms with E-state index in [-0.39, 0.29) is 31.4 Å². The van der Waals surface area contributed by atoms with Crippen LogP contribution in [0.25, 0.3) is 0 Å². The maximum atomic E-state index is 14.5. The Hall–Kier alpha value is -5.68. The molecule has 0 aliphatic carbocycles. The molecule has 2 aromatic carbocycles. The van der Waals surface area contributed by atoms with Crippen LogP contribution < -0.4 is 16.4 Å². The number of imide groups is 1. The number of carbonyl (C=O) groups is 5. The van der Waals surface area contributed by atoms with Crippen LogP contribution >= 0.6 is 0 Å². The van der Waals surface area contributed by atoms with E-state index in [0.717, 1.165) is 0 Å². The van der Waals surface area contributed by atoms with E-state index in [0.29, 0.717) is 21.7 Å². The predicted molar refractivity (Wildman–Crippen MR) is 196 cm³/mol. The van der Waals surface area contributed by atoms with Crippen molar-refractivity contribution in [3.8, 4) is 0 Å². The third-order valence-electron chi connectivity index (χ3n) is 8.60. The van der Waals surface area contributed by atoms with Crippen molar-refractivity contribution in [2.24, 2.45) is 11.7 Å². The molecule has 0 radical (unpaired) electrons. The number of aliphatic hydroxyl groups is 1. The minimum absolute atomic E-state index is 0.0000662. The highest BCUT2D eigenvalue weighted by Gasteiger charge is 2.42. The molecule has 0 saturated heterocycles. The summed E-state index contributed by atoms with van der Waals surface area (Å²) in [6, 6.07) is 8.59. The zero-order chi connectivity index (χ0) is 40.2. The number of carboxylic acid groups (broad SMARTS) is 1. The number of benzene rings is 2. The number of carbonyl (C=O) groups excluding carboxylic acids is 4. The average Bonchev–Trinajstić information content (AvgIpc) is 3.62. The Bertz CT molecular complexity index is 1730. The molecule has 1 aromatic heterocycles. The summed E-state index contributed by atoms with van der Waals surface area (Å²) >= 11 is 0. The molecule has 4 amide bonds. The maximum absolute atomic E-state index is 14.5. The Kier molecular flexibility index (Phi) is 15.4. The number of nitrogens with one attached hydrogen (secondary N) is 3. The molecule has 0 aliphatic rings. The molecular weight excluding hydrogens is 702 g/mol. The number of amides is 4. The van der Waals surface area contributed by atoms with Crippen LogP contribution in [0.1, 0.15) is 64.3 Å². The third-order valence-corrected chi connectivity index (χ3v) is 8.60. The largest absolute Gasteiger partial charge is 0.480 e. The van der Waals surface area contributed by atoms with Gasteiger partial charge in [-0.15, -0.1) is 0 Å². The third kappa shape index (κ3) is 12.8. The molecule has 0 aliphatic heterocycles. The van der Waals surface area contributed by atoms with Crippen LogP contribution in [-0.2, 0) is 43.2 Å². The summed E-state index contributed by atoms with van der Waals surface area (Å²) in [6.45, 7) is 8.19. The van der Waals surface area contributed by atoms with Gasteiger partial charge in [0.25, 0.3) is 11.6 Å². The first-order chi connectivity index (χ1) is 25.4. The Morgan fingerprint density at radius 1 is 0.981 bits per heavy atom. The number of aromatic amines is 1. The molecule has 17 heteroatoms. The Morgan fingerprint density at radius 2 is 1.61 bits per heavy atom. The number of hydrogen-bond acceptors (Lipinski definition) is 11. The minimum Gasteiger partial charge on any atom is -0.480 e. The summed E-state index contributed by atoms with van der Waals surface area (Å²) in [5.41, 5.74) is 6.74. The van der Waals surface area contributed by atoms with Crippen molar-refractivity contribution in [2.75, 3.05) is 0 Å². The van der Waals surface area contributed by atoms with Gasteiger partial charge in [-0.1, -0.05) is 62.7 Å². The summed E-state index contributed by atoms with van der Waals surface area (Å²) in [4.78, 5) is 86.0. The molecule has 6 atom stereocenters. The number of non-ortho nitro benzene ring substituents is 1. The molecule has 7 N–H and O–H groups in total. The first-order valence-corrected chi connectivity index (χ1v) is 17.5. The second-order valence-electron chi connectivity index (χ2n) is 14.1. The van der Waals surface area contributed by atoms with Gasteiger partial charge in [-0.25, -0.2) is 14.6 Å². The summed E-state index contributed by atoms with van der Waals surface area (Å²) in [7, 11) is 0. The number of alkyl carbamates (subject to hydrolysis) is 1. The summed E-state index contributed by atoms with van der Waals surface area (Å²) in [5, 5.41) is 37.6. The van der Waals surface area contributed by atoms with Gasteiger partial charge in [-0.2, -0.15) is 0 Å². The highest BCUT2D eigenvalue weighted by molar-refractivity contribution is 6.03. The topological polar surface area (TPSA) is 260 Å². The number of nitro benzene ring substituents is 1. The SMILES string of the molecule is CC[C@H](C)[C@@H](C(=O)O)N(C(=O)CC(O)[C@@H](N)Cc1ccc([N+](=O)[O-])cc1)C(=O)[C@H](Cc1cnc[nH]1)NC(=O)[C@H](Cc1ccccc1)NC(=O)OC(C)(C)C. The van der Waals surface area contributed by atoms with Crippen molar-refractivity contribution in [3.63, 3.8) is 0 Å². The number of H-pyrrole nitrogens is 1. The summed E-state index contributed by atoms with van der Waals surface area (Å²) in [6.07, 6.45) is -0.516. The second-order valence-corrected chi connectivity index (χ2v) is 14.1. The van der Waals surface area contributed by atoms with Gasteiger partial charge >= 0.3 is 12.1 Å². The van der Waals surface area contributed by atoms with Gasteiger partial charge in [0, 0.05) is 42.9 Å². The predicted octanol–water partition coefficient (Wildman–Crippen LogP) is 2.66. The molecule has 0 bridgehead atoms. The van der Waals surface area contributed by atoms with E-state index < -0.39 is 82.9 Å². The molecule has 0 saturated carbocycles. The Balaban J connectivity index is 1.97. The van der Waals surface area contributed by atoms with E-state index in [2.05, 4.69) is 20.6 Å². The number of aliphatic hydroxyl groups excluding tert-OH is 1. The molecule has 0 spiro atoms. The molecular formula is C37H49N7O10. The van der Waals surface area contributed by atoms with Gasteiger partial charge in [0.05, 0.1) is 23.8 Å². The molecule has 3 aromatic rings. The van der Waals surface area contributed by atoms with Crippen molar-refractivity contribution >= 4 is 35.5 Å². The van der Waals surface area contributed by atoms with Gasteiger partial charge in [0.15, 0.2) is 0 Å². The fourth-order valence-corrected chi connectivity index (χ4v) is 5.60. The lowest BCUT2D eigenvalue weighted by molar-refractivity contribution is -0.384. The number of carboxylic acids is 1. The zero-order valence-electron chi connectivity index (χ0n) is 30.9. The lowest BCUT2D eigenvalue weighted by Gasteiger charge is -2.35. The molecule has 1 unspecified atom stereocenters. The van der Waals surface area contributed by atoms with Crippen molar-refractivity contribution < 1.29 is 43.8 Å². The van der Waals surface area contributed by atoms with Crippen LogP contribution in [0.3, 0.4) is 0 Å². The lowest BCUT2D eigenvalue weighted by atomic mass is 9.94. The smallest absolute Gasteiger partial charge is 0.408 e. The second kappa shape index (κ2) is 19.4. The van der Waals surface area contributed by atoms with Crippen LogP contribution in [0.2, 0.25) is 0 Å². The Labute approximate surface area is 312 Å². The highest BCUT2D eigenvalue weighted by atomic mass is 16.6. The van der Waals surface area contributed by atoms with Gasteiger partial charge in [-0.05, 0) is 44.2 Å². The molecule has 3 rings (SSSR count). The van der Waals surface area contributed by atoms with Gasteiger partial charge < -0.3 is 36.3 Å². The molecule has 54 heavy (non-hydrogen) atoms. The summed E-state index contributed by atoms with van der Waals surface area (Å²) < 4.78 is 5.38. The molecule has 292 valence electrons. The van der Waals surface area contributed by atoms with Crippen LogP contribution in [0.4, 0.5) is 10.5 Å². The number of imidazole rings is 1. The number of nitrogens with zero attached hydrogens (tertiary/aromatic N) is 3. The Morgan fingerprint density at radius 3 is 2.15 bits per heavy atom. The maximum Gasteiger partial charge on any atom is 0.408 e. The van der Waals surface area contributed by atoms with Crippen molar-refractivity contribution in [1.29, 1.82) is 0 Å². The monoisotopic (exact) mass is 751 g/mol. The quantitative estimate of drug-likeness (QED) is 0.0810. The van der Waals surface area contributed by atoms with Crippen LogP contribution in [-0.4, -0.2) is 95.7 Å². The minimum atomic E-state index is -1.70. The van der Waals surface area contributed by atoms with Gasteiger partial charge in [0.2, 0.25) is 11.8 Å². The number of nitro groups is 1. The lowest BCUT2D eigenvalue weighted by Crippen LogP contribution is -2.61. The number of aliphatic carboxylic acids is 1. The highest BCUT2D eigenvalue weighted by Crippen LogP contribution is 2.21. The molecule has 1 heterocycles. The number of nitrogens with two attached hydrogens (primary N) is 1. The normalized spacial score (nSPS) is 14.7. The van der Waals surface area contributed by atoms with Crippen LogP contribution in [0, 0.1) is 16.0 Å². The van der Waals surface area contributed by atoms with Gasteiger partial charge in [0.1, 0.15) is 23.7 Å².